The summed E-state index contributed by atoms with van der Waals surface area (Å²) in [5.74, 6) is -0.288. The van der Waals surface area contributed by atoms with Gasteiger partial charge in [-0.15, -0.1) is 0 Å². The fraction of sp³-hybridized carbons (Fsp3) is 0.176. The lowest BCUT2D eigenvalue weighted by molar-refractivity contribution is -0.128. The topological polar surface area (TPSA) is 67.4 Å². The number of carbonyl (C=O) groups is 2. The van der Waals surface area contributed by atoms with Gasteiger partial charge in [0.2, 0.25) is 0 Å². The van der Waals surface area contributed by atoms with Gasteiger partial charge in [0.25, 0.3) is 11.8 Å². The van der Waals surface area contributed by atoms with Crippen LogP contribution in [0.15, 0.2) is 48.5 Å². The van der Waals surface area contributed by atoms with Crippen molar-refractivity contribution in [2.75, 3.05) is 0 Å². The average Bonchev–Trinajstić information content (AvgIpc) is 2.55. The molecule has 0 aliphatic rings. The molecule has 0 unspecified atom stereocenters. The molecule has 23 heavy (non-hydrogen) atoms. The zero-order valence-corrected chi connectivity index (χ0v) is 13.6. The van der Waals surface area contributed by atoms with Crippen LogP contribution in [-0.2, 0) is 4.79 Å². The molecule has 0 bridgehead atoms. The van der Waals surface area contributed by atoms with E-state index < -0.39 is 17.9 Å². The maximum atomic E-state index is 12.0. The third kappa shape index (κ3) is 4.72. The first-order chi connectivity index (χ1) is 11.0. The monoisotopic (exact) mass is 332 g/mol. The molecule has 2 aromatic rings. The van der Waals surface area contributed by atoms with Gasteiger partial charge in [-0.2, -0.15) is 0 Å². The van der Waals surface area contributed by atoms with Crippen LogP contribution in [0.5, 0.6) is 5.75 Å². The van der Waals surface area contributed by atoms with Crippen LogP contribution in [0, 0.1) is 6.92 Å². The second-order valence-electron chi connectivity index (χ2n) is 4.98. The Hall–Kier alpha value is -2.53. The van der Waals surface area contributed by atoms with Crippen molar-refractivity contribution in [2.45, 2.75) is 20.0 Å². The lowest BCUT2D eigenvalue weighted by atomic mass is 10.2. The summed E-state index contributed by atoms with van der Waals surface area (Å²) in [7, 11) is 0. The van der Waals surface area contributed by atoms with Crippen molar-refractivity contribution in [3.8, 4) is 5.75 Å². The number of halogens is 1. The number of hydrogen-bond acceptors (Lipinski definition) is 3. The molecule has 0 aliphatic heterocycles. The lowest BCUT2D eigenvalue weighted by Crippen LogP contribution is -2.47. The first-order valence-corrected chi connectivity index (χ1v) is 7.43. The van der Waals surface area contributed by atoms with Crippen molar-refractivity contribution in [1.82, 2.24) is 10.9 Å². The normalized spacial score (nSPS) is 11.4. The van der Waals surface area contributed by atoms with E-state index in [9.17, 15) is 9.59 Å². The maximum Gasteiger partial charge on any atom is 0.279 e. The summed E-state index contributed by atoms with van der Waals surface area (Å²) in [5.41, 5.74) is 5.97. The lowest BCUT2D eigenvalue weighted by Gasteiger charge is -2.16. The molecule has 0 fully saturated rings. The number of hydrazine groups is 1. The van der Waals surface area contributed by atoms with Crippen LogP contribution in [0.4, 0.5) is 0 Å². The van der Waals surface area contributed by atoms with Gasteiger partial charge in [-0.25, -0.2) is 0 Å². The predicted molar refractivity (Wildman–Crippen MR) is 88.3 cm³/mol. The molecule has 2 N–H and O–H groups in total. The molecule has 2 amide bonds. The Kier molecular flexibility index (Phi) is 5.60. The third-order valence-corrected chi connectivity index (χ3v) is 3.38. The zero-order valence-electron chi connectivity index (χ0n) is 12.8. The van der Waals surface area contributed by atoms with Gasteiger partial charge in [-0.3, -0.25) is 20.4 Å². The minimum atomic E-state index is -0.772. The van der Waals surface area contributed by atoms with Crippen LogP contribution in [0.25, 0.3) is 0 Å². The molecule has 120 valence electrons. The molecule has 2 rings (SSSR count). The Bertz CT molecular complexity index is 704. The Morgan fingerprint density at radius 2 is 1.78 bits per heavy atom. The van der Waals surface area contributed by atoms with E-state index in [4.69, 9.17) is 16.3 Å². The van der Waals surface area contributed by atoms with Gasteiger partial charge < -0.3 is 4.74 Å². The number of benzene rings is 2. The molecule has 0 radical (unpaired) electrons. The van der Waals surface area contributed by atoms with E-state index in [1.165, 1.54) is 0 Å². The Balaban J connectivity index is 1.89. The van der Waals surface area contributed by atoms with E-state index in [0.717, 1.165) is 5.56 Å². The van der Waals surface area contributed by atoms with Crippen LogP contribution in [0.1, 0.15) is 22.8 Å². The number of aryl methyl sites for hydroxylation is 1. The SMILES string of the molecule is Cc1cc(Cl)ccc1O[C@H](C)C(=O)NNC(=O)c1ccccc1. The third-order valence-electron chi connectivity index (χ3n) is 3.15. The van der Waals surface area contributed by atoms with Crippen molar-refractivity contribution in [1.29, 1.82) is 0 Å². The van der Waals surface area contributed by atoms with E-state index in [2.05, 4.69) is 10.9 Å². The molecule has 0 spiro atoms. The molecule has 0 heterocycles. The van der Waals surface area contributed by atoms with Gasteiger partial charge in [0, 0.05) is 10.6 Å². The molecule has 0 aromatic heterocycles. The second kappa shape index (κ2) is 7.65. The number of nitrogens with one attached hydrogen (secondary N) is 2. The molecule has 0 saturated carbocycles. The van der Waals surface area contributed by atoms with Gasteiger partial charge in [0.15, 0.2) is 6.10 Å². The van der Waals surface area contributed by atoms with Gasteiger partial charge in [-0.1, -0.05) is 29.8 Å². The molecular formula is C17H17ClN2O3. The summed E-state index contributed by atoms with van der Waals surface area (Å²) in [5, 5.41) is 0.599. The summed E-state index contributed by atoms with van der Waals surface area (Å²) in [6.07, 6.45) is -0.772. The summed E-state index contributed by atoms with van der Waals surface area (Å²) in [6.45, 7) is 3.43. The van der Waals surface area contributed by atoms with E-state index in [-0.39, 0.29) is 0 Å². The summed E-state index contributed by atoms with van der Waals surface area (Å²) in [4.78, 5) is 23.8. The highest BCUT2D eigenvalue weighted by Crippen LogP contribution is 2.22. The highest BCUT2D eigenvalue weighted by atomic mass is 35.5. The number of hydrogen-bond donors (Lipinski definition) is 2. The number of ether oxygens (including phenoxy) is 1. The highest BCUT2D eigenvalue weighted by molar-refractivity contribution is 6.30. The summed E-state index contributed by atoms with van der Waals surface area (Å²) < 4.78 is 5.58. The van der Waals surface area contributed by atoms with E-state index in [1.54, 1.807) is 55.5 Å². The smallest absolute Gasteiger partial charge is 0.279 e. The van der Waals surface area contributed by atoms with Crippen LogP contribution < -0.4 is 15.6 Å². The van der Waals surface area contributed by atoms with Crippen molar-refractivity contribution < 1.29 is 14.3 Å². The van der Waals surface area contributed by atoms with Crippen molar-refractivity contribution in [3.63, 3.8) is 0 Å². The fourth-order valence-electron chi connectivity index (χ4n) is 1.87. The van der Waals surface area contributed by atoms with E-state index in [0.29, 0.717) is 16.3 Å². The standard InChI is InChI=1S/C17H17ClN2O3/c1-11-10-14(18)8-9-15(11)23-12(2)16(21)19-20-17(22)13-6-4-3-5-7-13/h3-10,12H,1-2H3,(H,19,21)(H,20,22)/t12-/m1/s1. The number of amides is 2. The largest absolute Gasteiger partial charge is 0.481 e. The average molecular weight is 333 g/mol. The second-order valence-corrected chi connectivity index (χ2v) is 5.42. The van der Waals surface area contributed by atoms with Gasteiger partial charge in [0.1, 0.15) is 5.75 Å². The first-order valence-electron chi connectivity index (χ1n) is 7.05. The van der Waals surface area contributed by atoms with Crippen LogP contribution >= 0.6 is 11.6 Å². The molecular weight excluding hydrogens is 316 g/mol. The van der Waals surface area contributed by atoms with Gasteiger partial charge in [-0.05, 0) is 49.7 Å². The number of rotatable bonds is 4. The van der Waals surface area contributed by atoms with Crippen LogP contribution in [0.2, 0.25) is 5.02 Å². The van der Waals surface area contributed by atoms with Gasteiger partial charge >= 0.3 is 0 Å². The zero-order chi connectivity index (χ0) is 16.8. The highest BCUT2D eigenvalue weighted by Gasteiger charge is 2.16. The summed E-state index contributed by atoms with van der Waals surface area (Å²) >= 11 is 5.88. The molecule has 5 nitrogen and oxygen atoms in total. The fourth-order valence-corrected chi connectivity index (χ4v) is 2.10. The van der Waals surface area contributed by atoms with Crippen molar-refractivity contribution in [3.05, 3.63) is 64.7 Å². The van der Waals surface area contributed by atoms with Crippen LogP contribution in [0.3, 0.4) is 0 Å². The van der Waals surface area contributed by atoms with E-state index in [1.807, 2.05) is 6.92 Å². The molecule has 1 atom stereocenters. The Morgan fingerprint density at radius 3 is 2.43 bits per heavy atom. The maximum absolute atomic E-state index is 12.0. The predicted octanol–water partition coefficient (Wildman–Crippen LogP) is 2.88. The quantitative estimate of drug-likeness (QED) is 0.846. The molecule has 2 aromatic carbocycles. The minimum Gasteiger partial charge on any atom is -0.481 e. The Labute approximate surface area is 139 Å². The van der Waals surface area contributed by atoms with Crippen LogP contribution in [-0.4, -0.2) is 17.9 Å². The molecule has 0 saturated heterocycles. The van der Waals surface area contributed by atoms with Gasteiger partial charge in [0.05, 0.1) is 0 Å². The molecule has 6 heteroatoms. The molecule has 0 aliphatic carbocycles. The first kappa shape index (κ1) is 16.8. The summed E-state index contributed by atoms with van der Waals surface area (Å²) in [6, 6.07) is 13.7. The minimum absolute atomic E-state index is 0.395. The van der Waals surface area contributed by atoms with Crippen molar-refractivity contribution >= 4 is 23.4 Å². The Morgan fingerprint density at radius 1 is 1.09 bits per heavy atom. The number of carbonyl (C=O) groups excluding carboxylic acids is 2. The van der Waals surface area contributed by atoms with Crippen molar-refractivity contribution in [2.24, 2.45) is 0 Å². The van der Waals surface area contributed by atoms with E-state index >= 15 is 0 Å².